The van der Waals surface area contributed by atoms with Crippen LogP contribution in [-0.2, 0) is 27.2 Å². The van der Waals surface area contributed by atoms with E-state index >= 15 is 0 Å². The number of halogens is 2. The Labute approximate surface area is 242 Å². The first-order chi connectivity index (χ1) is 19.9. The third-order valence-electron chi connectivity index (χ3n) is 7.31. The van der Waals surface area contributed by atoms with E-state index in [1.807, 2.05) is 0 Å². The minimum Gasteiger partial charge on any atom is -0.405 e. The van der Waals surface area contributed by atoms with Crippen molar-refractivity contribution in [2.24, 2.45) is 16.1 Å². The number of nitrogens with zero attached hydrogens (tertiary/aromatic N) is 5. The van der Waals surface area contributed by atoms with Crippen molar-refractivity contribution in [1.82, 2.24) is 14.5 Å². The molecule has 0 aliphatic carbocycles. The highest BCUT2D eigenvalue weighted by atomic mass is 35.5. The summed E-state index contributed by atoms with van der Waals surface area (Å²) in [6.07, 6.45) is 6.49. The number of benzene rings is 1. The monoisotopic (exact) mass is 584 g/mol. The van der Waals surface area contributed by atoms with Gasteiger partial charge < -0.3 is 24.8 Å². The van der Waals surface area contributed by atoms with Gasteiger partial charge in [0.05, 0.1) is 50.4 Å². The van der Waals surface area contributed by atoms with Crippen molar-refractivity contribution >= 4 is 34.5 Å². The van der Waals surface area contributed by atoms with E-state index in [1.54, 1.807) is 42.2 Å². The summed E-state index contributed by atoms with van der Waals surface area (Å²) in [5, 5.41) is 0.773. The third-order valence-corrected chi connectivity index (χ3v) is 7.54. The Hall–Kier alpha value is -3.38. The molecule has 0 bridgehead atoms. The summed E-state index contributed by atoms with van der Waals surface area (Å²) < 4.78 is 32.1. The van der Waals surface area contributed by atoms with Crippen LogP contribution in [0.2, 0.25) is 5.02 Å². The van der Waals surface area contributed by atoms with E-state index < -0.39 is 5.82 Å². The number of aryl methyl sites for hydroxylation is 1. The molecule has 1 aromatic carbocycles. The topological polar surface area (TPSA) is 117 Å². The van der Waals surface area contributed by atoms with Gasteiger partial charge in [0.25, 0.3) is 5.56 Å². The average molecular weight is 585 g/mol. The number of hydrogen-bond acceptors (Lipinski definition) is 9. The molecule has 10 nitrogen and oxygen atoms in total. The smallest absolute Gasteiger partial charge is 0.261 e. The van der Waals surface area contributed by atoms with Crippen LogP contribution in [0.25, 0.3) is 22.2 Å². The van der Waals surface area contributed by atoms with E-state index in [0.29, 0.717) is 72.5 Å². The van der Waals surface area contributed by atoms with Gasteiger partial charge in [0.15, 0.2) is 0 Å². The summed E-state index contributed by atoms with van der Waals surface area (Å²) in [4.78, 5) is 28.8. The van der Waals surface area contributed by atoms with Gasteiger partial charge in [-0.25, -0.2) is 14.4 Å². The fourth-order valence-electron chi connectivity index (χ4n) is 5.17. The molecule has 3 aromatic rings. The molecule has 2 saturated heterocycles. The number of hydrogen-bond donors (Lipinski definition) is 1. The Morgan fingerprint density at radius 3 is 2.68 bits per heavy atom. The lowest BCUT2D eigenvalue weighted by molar-refractivity contribution is -0.136. The molecule has 0 saturated carbocycles. The highest BCUT2D eigenvalue weighted by Gasteiger charge is 2.38. The number of aromatic nitrogens is 3. The van der Waals surface area contributed by atoms with E-state index in [2.05, 4.69) is 9.89 Å². The van der Waals surface area contributed by atoms with Crippen LogP contribution in [0.15, 0.2) is 46.3 Å². The third kappa shape index (κ3) is 6.43. The highest BCUT2D eigenvalue weighted by molar-refractivity contribution is 6.30. The predicted molar refractivity (Wildman–Crippen MR) is 157 cm³/mol. The molecular weight excluding hydrogens is 551 g/mol. The standard InChI is InChI=1S/C20H18ClFN4O2.C9H16N2O2/c21-12-3-4-13(15(22)10-12)18-19-14(20(27)26-5-1-2-16(26)23-19)11-17(24-18)25-6-8-28-9-7-25;1-12-6-9(7-13-8-9)5-11-4-2-3-10/h3-4,10-11H,1-2,5-9H2;2-4H,5-8,10H2,1H3/b;3-2-,11-4?. The molecule has 41 heavy (non-hydrogen) atoms. The van der Waals surface area contributed by atoms with Gasteiger partial charge in [0, 0.05) is 50.0 Å². The van der Waals surface area contributed by atoms with E-state index in [4.69, 9.17) is 41.5 Å². The number of allylic oxidation sites excluding steroid dienone is 1. The second kappa shape index (κ2) is 13.1. The molecule has 218 valence electrons. The van der Waals surface area contributed by atoms with Gasteiger partial charge in [0.2, 0.25) is 0 Å². The molecule has 5 heterocycles. The summed E-state index contributed by atoms with van der Waals surface area (Å²) in [6, 6.07) is 6.25. The Morgan fingerprint density at radius 1 is 1.20 bits per heavy atom. The molecule has 3 aliphatic heterocycles. The number of morpholine rings is 1. The molecule has 0 spiro atoms. The van der Waals surface area contributed by atoms with Crippen molar-refractivity contribution in [3.8, 4) is 11.3 Å². The van der Waals surface area contributed by atoms with Gasteiger partial charge in [-0.05, 0) is 43.0 Å². The Bertz CT molecular complexity index is 1500. The maximum Gasteiger partial charge on any atom is 0.261 e. The zero-order valence-electron chi connectivity index (χ0n) is 23.0. The van der Waals surface area contributed by atoms with Crippen LogP contribution in [0.4, 0.5) is 10.2 Å². The minimum atomic E-state index is -0.483. The van der Waals surface area contributed by atoms with Gasteiger partial charge in [0.1, 0.15) is 28.7 Å². The number of rotatable bonds is 7. The lowest BCUT2D eigenvalue weighted by atomic mass is 9.87. The van der Waals surface area contributed by atoms with Gasteiger partial charge in [-0.1, -0.05) is 11.6 Å². The Kier molecular flexibility index (Phi) is 9.29. The van der Waals surface area contributed by atoms with E-state index in [1.165, 1.54) is 12.3 Å². The zero-order chi connectivity index (χ0) is 28.8. The lowest BCUT2D eigenvalue weighted by Gasteiger charge is -2.39. The summed E-state index contributed by atoms with van der Waals surface area (Å²) >= 11 is 5.93. The number of fused-ring (bicyclic) bond motifs is 2. The van der Waals surface area contributed by atoms with Crippen LogP contribution in [-0.4, -0.2) is 80.5 Å². The maximum atomic E-state index is 14.7. The van der Waals surface area contributed by atoms with Gasteiger partial charge in [-0.2, -0.15) is 0 Å². The van der Waals surface area contributed by atoms with Crippen LogP contribution >= 0.6 is 11.6 Å². The first kappa shape index (κ1) is 29.1. The molecule has 0 unspecified atom stereocenters. The molecule has 2 N–H and O–H groups in total. The fraction of sp³-hybridized carbons (Fsp3) is 0.448. The second-order valence-electron chi connectivity index (χ2n) is 10.3. The number of aliphatic imine (C=N–C) groups is 1. The van der Waals surface area contributed by atoms with Crippen molar-refractivity contribution < 1.29 is 18.6 Å². The number of methoxy groups -OCH3 is 1. The van der Waals surface area contributed by atoms with Crippen LogP contribution < -0.4 is 16.2 Å². The molecular formula is C29H34ClFN6O4. The van der Waals surface area contributed by atoms with Crippen LogP contribution in [0.5, 0.6) is 0 Å². The SMILES string of the molecule is COCC1(CN=C/C=C\N)COC1.O=c1c2cc(N3CCOCC3)nc(-c3ccc(Cl)cc3F)c2nc2n1CCC2. The molecule has 0 atom stereocenters. The van der Waals surface area contributed by atoms with Crippen molar-refractivity contribution in [3.05, 3.63) is 63.6 Å². The van der Waals surface area contributed by atoms with Gasteiger partial charge in [-0.3, -0.25) is 14.4 Å². The average Bonchev–Trinajstić information content (AvgIpc) is 3.44. The lowest BCUT2D eigenvalue weighted by Crippen LogP contribution is -2.48. The number of anilines is 1. The largest absolute Gasteiger partial charge is 0.405 e. The van der Waals surface area contributed by atoms with Crippen LogP contribution in [0, 0.1) is 11.2 Å². The zero-order valence-corrected chi connectivity index (χ0v) is 23.8. The fourth-order valence-corrected chi connectivity index (χ4v) is 5.33. The van der Waals surface area contributed by atoms with Crippen LogP contribution in [0.3, 0.4) is 0 Å². The van der Waals surface area contributed by atoms with Gasteiger partial charge in [-0.15, -0.1) is 0 Å². The predicted octanol–water partition coefficient (Wildman–Crippen LogP) is 3.23. The summed E-state index contributed by atoms with van der Waals surface area (Å²) in [5.74, 6) is 0.884. The molecule has 3 aliphatic rings. The normalized spacial score (nSPS) is 18.0. The van der Waals surface area contributed by atoms with E-state index in [0.717, 1.165) is 38.4 Å². The van der Waals surface area contributed by atoms with E-state index in [-0.39, 0.29) is 11.0 Å². The first-order valence-electron chi connectivity index (χ1n) is 13.6. The molecule has 12 heteroatoms. The molecule has 6 rings (SSSR count). The summed E-state index contributed by atoms with van der Waals surface area (Å²) in [7, 11) is 1.70. The second-order valence-corrected chi connectivity index (χ2v) is 10.8. The van der Waals surface area contributed by atoms with Gasteiger partial charge >= 0.3 is 0 Å². The number of nitrogens with two attached hydrogens (primary N) is 1. The number of pyridine rings is 1. The van der Waals surface area contributed by atoms with Crippen molar-refractivity contribution in [2.45, 2.75) is 19.4 Å². The molecule has 2 fully saturated rings. The van der Waals surface area contributed by atoms with E-state index in [9.17, 15) is 9.18 Å². The molecule has 2 aromatic heterocycles. The first-order valence-corrected chi connectivity index (χ1v) is 14.0. The Balaban J connectivity index is 0.000000219. The van der Waals surface area contributed by atoms with Crippen LogP contribution in [0.1, 0.15) is 12.2 Å². The quantitative estimate of drug-likeness (QED) is 0.421. The number of ether oxygens (including phenoxy) is 3. The maximum absolute atomic E-state index is 14.7. The summed E-state index contributed by atoms with van der Waals surface area (Å²) in [6.45, 7) is 6.10. The van der Waals surface area contributed by atoms with Crippen molar-refractivity contribution in [2.75, 3.05) is 64.7 Å². The Morgan fingerprint density at radius 2 is 2.00 bits per heavy atom. The summed E-state index contributed by atoms with van der Waals surface area (Å²) in [5.41, 5.74) is 6.28. The molecule has 0 radical (unpaired) electrons. The minimum absolute atomic E-state index is 0.0926. The van der Waals surface area contributed by atoms with Crippen molar-refractivity contribution in [3.63, 3.8) is 0 Å². The van der Waals surface area contributed by atoms with Crippen molar-refractivity contribution in [1.29, 1.82) is 0 Å². The molecule has 0 amide bonds. The highest BCUT2D eigenvalue weighted by Crippen LogP contribution is 2.32.